The molecule has 0 radical (unpaired) electrons. The van der Waals surface area contributed by atoms with Gasteiger partial charge in [-0.15, -0.1) is 0 Å². The number of hydrogen-bond donors (Lipinski definition) is 1. The number of imide groups is 1. The summed E-state index contributed by atoms with van der Waals surface area (Å²) < 4.78 is 10.9. The number of para-hydroxylation sites is 2. The topological polar surface area (TPSA) is 102 Å². The minimum Gasteiger partial charge on any atom is -0.492 e. The Labute approximate surface area is 209 Å². The Balaban J connectivity index is 1.31. The van der Waals surface area contributed by atoms with E-state index in [4.69, 9.17) is 9.47 Å². The number of amides is 3. The van der Waals surface area contributed by atoms with Crippen LogP contribution in [0.15, 0.2) is 54.6 Å². The third kappa shape index (κ3) is 4.47. The van der Waals surface area contributed by atoms with Gasteiger partial charge < -0.3 is 14.8 Å². The molecule has 2 aliphatic carbocycles. The Hall–Kier alpha value is -3.68. The third-order valence-electron chi connectivity index (χ3n) is 7.62. The van der Waals surface area contributed by atoms with E-state index in [2.05, 4.69) is 5.32 Å². The normalized spacial score (nSPS) is 25.0. The standard InChI is InChI=1S/C28H30N2O6/c1-2-35-22-11-7-6-10-20(22)29-23(31)16-36-28(34)21(14-17-8-4-3-5-9-17)30-26(32)24-18-12-13-19(15-18)25(24)27(30)33/h3-11,18-19,21,24-25H,2,12-16H2,1H3,(H,29,31)/t18-,19-,21+,24-,25+/m0/s1. The number of ether oxygens (including phenoxy) is 2. The number of carbonyl (C=O) groups is 4. The smallest absolute Gasteiger partial charge is 0.330 e. The van der Waals surface area contributed by atoms with E-state index in [1.54, 1.807) is 24.3 Å². The molecule has 1 heterocycles. The number of likely N-dealkylation sites (tertiary alicyclic amines) is 1. The first-order chi connectivity index (χ1) is 17.5. The van der Waals surface area contributed by atoms with E-state index in [0.717, 1.165) is 29.7 Å². The van der Waals surface area contributed by atoms with Crippen molar-refractivity contribution in [2.24, 2.45) is 23.7 Å². The first kappa shape index (κ1) is 24.0. The van der Waals surface area contributed by atoms with Gasteiger partial charge in [-0.1, -0.05) is 42.5 Å². The molecule has 0 spiro atoms. The van der Waals surface area contributed by atoms with Gasteiger partial charge in [0.2, 0.25) is 11.8 Å². The third-order valence-corrected chi connectivity index (χ3v) is 7.62. The summed E-state index contributed by atoms with van der Waals surface area (Å²) in [6, 6.07) is 15.1. The van der Waals surface area contributed by atoms with Gasteiger partial charge in [-0.25, -0.2) is 4.79 Å². The molecular weight excluding hydrogens is 460 g/mol. The van der Waals surface area contributed by atoms with Gasteiger partial charge in [0.05, 0.1) is 24.1 Å². The number of nitrogens with one attached hydrogen (secondary N) is 1. The van der Waals surface area contributed by atoms with Crippen molar-refractivity contribution in [1.29, 1.82) is 0 Å². The highest BCUT2D eigenvalue weighted by Gasteiger charge is 2.62. The minimum atomic E-state index is -1.11. The van der Waals surface area contributed by atoms with Crippen molar-refractivity contribution in [2.45, 2.75) is 38.6 Å². The summed E-state index contributed by atoms with van der Waals surface area (Å²) in [7, 11) is 0. The number of esters is 1. The summed E-state index contributed by atoms with van der Waals surface area (Å²) in [6.07, 6.45) is 2.96. The fraction of sp³-hybridized carbons (Fsp3) is 0.429. The van der Waals surface area contributed by atoms with E-state index in [9.17, 15) is 19.2 Å². The molecule has 3 fully saturated rings. The first-order valence-corrected chi connectivity index (χ1v) is 12.6. The number of anilines is 1. The van der Waals surface area contributed by atoms with E-state index < -0.39 is 24.5 Å². The molecule has 5 rings (SSSR count). The lowest BCUT2D eigenvalue weighted by molar-refractivity contribution is -0.160. The van der Waals surface area contributed by atoms with Gasteiger partial charge in [0.1, 0.15) is 11.8 Å². The van der Waals surface area contributed by atoms with Gasteiger partial charge in [-0.3, -0.25) is 19.3 Å². The SMILES string of the molecule is CCOc1ccccc1NC(=O)COC(=O)[C@@H](Cc1ccccc1)N1C(=O)[C@@H]2[C@H]3CC[C@@H](C3)[C@@H]2C1=O. The molecule has 1 aliphatic heterocycles. The van der Waals surface area contributed by atoms with Crippen LogP contribution in [0.25, 0.3) is 0 Å². The molecule has 0 aromatic heterocycles. The molecule has 8 nitrogen and oxygen atoms in total. The summed E-state index contributed by atoms with van der Waals surface area (Å²) in [5.41, 5.74) is 1.27. The van der Waals surface area contributed by atoms with Crippen molar-refractivity contribution in [3.05, 3.63) is 60.2 Å². The van der Waals surface area contributed by atoms with Gasteiger partial charge in [-0.05, 0) is 55.7 Å². The summed E-state index contributed by atoms with van der Waals surface area (Å²) in [5, 5.41) is 2.69. The van der Waals surface area contributed by atoms with Crippen molar-refractivity contribution in [1.82, 2.24) is 4.90 Å². The number of nitrogens with zero attached hydrogens (tertiary/aromatic N) is 1. The molecule has 188 valence electrons. The fourth-order valence-electron chi connectivity index (χ4n) is 6.13. The Kier molecular flexibility index (Phi) is 6.76. The monoisotopic (exact) mass is 490 g/mol. The van der Waals surface area contributed by atoms with Crippen LogP contribution in [0, 0.1) is 23.7 Å². The van der Waals surface area contributed by atoms with Crippen LogP contribution in [0.3, 0.4) is 0 Å². The van der Waals surface area contributed by atoms with Gasteiger partial charge >= 0.3 is 5.97 Å². The van der Waals surface area contributed by atoms with Crippen molar-refractivity contribution in [3.63, 3.8) is 0 Å². The zero-order valence-corrected chi connectivity index (χ0v) is 20.2. The van der Waals surface area contributed by atoms with E-state index in [1.807, 2.05) is 37.3 Å². The largest absolute Gasteiger partial charge is 0.492 e. The van der Waals surface area contributed by atoms with Crippen LogP contribution < -0.4 is 10.1 Å². The van der Waals surface area contributed by atoms with Crippen LogP contribution in [0.4, 0.5) is 5.69 Å². The number of hydrogen-bond acceptors (Lipinski definition) is 6. The molecule has 3 amide bonds. The zero-order valence-electron chi connectivity index (χ0n) is 20.2. The van der Waals surface area contributed by atoms with Crippen molar-refractivity contribution < 1.29 is 28.7 Å². The average molecular weight is 491 g/mol. The zero-order chi connectivity index (χ0) is 25.2. The number of fused-ring (bicyclic) bond motifs is 5. The van der Waals surface area contributed by atoms with Crippen LogP contribution in [-0.2, 0) is 30.3 Å². The Morgan fingerprint density at radius 1 is 0.972 bits per heavy atom. The molecule has 2 bridgehead atoms. The highest BCUT2D eigenvalue weighted by molar-refractivity contribution is 6.08. The van der Waals surface area contributed by atoms with Crippen LogP contribution in [0.1, 0.15) is 31.7 Å². The lowest BCUT2D eigenvalue weighted by Gasteiger charge is -2.26. The quantitative estimate of drug-likeness (QED) is 0.428. The molecule has 0 unspecified atom stereocenters. The van der Waals surface area contributed by atoms with E-state index in [0.29, 0.717) is 18.0 Å². The number of carbonyl (C=O) groups excluding carboxylic acids is 4. The maximum Gasteiger partial charge on any atom is 0.330 e. The predicted octanol–water partition coefficient (Wildman–Crippen LogP) is 3.21. The van der Waals surface area contributed by atoms with Gasteiger partial charge in [0.25, 0.3) is 5.91 Å². The van der Waals surface area contributed by atoms with Crippen molar-refractivity contribution >= 4 is 29.4 Å². The minimum absolute atomic E-state index is 0.140. The second-order valence-corrected chi connectivity index (χ2v) is 9.72. The second-order valence-electron chi connectivity index (χ2n) is 9.72. The highest BCUT2D eigenvalue weighted by Crippen LogP contribution is 2.56. The summed E-state index contributed by atoms with van der Waals surface area (Å²) in [4.78, 5) is 53.8. The molecule has 5 atom stereocenters. The molecule has 2 saturated carbocycles. The van der Waals surface area contributed by atoms with Crippen molar-refractivity contribution in [3.8, 4) is 5.75 Å². The van der Waals surface area contributed by atoms with Gasteiger partial charge in [-0.2, -0.15) is 0 Å². The molecule has 2 aromatic carbocycles. The van der Waals surface area contributed by atoms with Gasteiger partial charge in [0, 0.05) is 6.42 Å². The summed E-state index contributed by atoms with van der Waals surface area (Å²) in [5.74, 6) is -1.58. The van der Waals surface area contributed by atoms with Crippen LogP contribution in [-0.4, -0.2) is 47.8 Å². The van der Waals surface area contributed by atoms with Crippen LogP contribution in [0.2, 0.25) is 0 Å². The fourth-order valence-corrected chi connectivity index (χ4v) is 6.13. The second kappa shape index (κ2) is 10.1. The summed E-state index contributed by atoms with van der Waals surface area (Å²) >= 11 is 0. The Morgan fingerprint density at radius 3 is 2.28 bits per heavy atom. The first-order valence-electron chi connectivity index (χ1n) is 12.6. The number of rotatable bonds is 9. The molecule has 36 heavy (non-hydrogen) atoms. The lowest BCUT2D eigenvalue weighted by atomic mass is 9.81. The molecule has 3 aliphatic rings. The Bertz CT molecular complexity index is 1140. The maximum atomic E-state index is 13.4. The maximum absolute atomic E-state index is 13.4. The van der Waals surface area contributed by atoms with E-state index in [-0.39, 0.29) is 41.9 Å². The van der Waals surface area contributed by atoms with E-state index >= 15 is 0 Å². The van der Waals surface area contributed by atoms with E-state index in [1.165, 1.54) is 0 Å². The predicted molar refractivity (Wildman–Crippen MR) is 131 cm³/mol. The highest BCUT2D eigenvalue weighted by atomic mass is 16.5. The molecule has 1 saturated heterocycles. The Morgan fingerprint density at radius 2 is 1.61 bits per heavy atom. The molecule has 1 N–H and O–H groups in total. The average Bonchev–Trinajstić information content (AvgIpc) is 3.57. The van der Waals surface area contributed by atoms with Crippen LogP contribution >= 0.6 is 0 Å². The molecule has 8 heteroatoms. The van der Waals surface area contributed by atoms with Crippen molar-refractivity contribution in [2.75, 3.05) is 18.5 Å². The summed E-state index contributed by atoms with van der Waals surface area (Å²) in [6.45, 7) is 1.73. The molecular formula is C28H30N2O6. The van der Waals surface area contributed by atoms with Gasteiger partial charge in [0.15, 0.2) is 6.61 Å². The molecule has 2 aromatic rings. The lowest BCUT2D eigenvalue weighted by Crippen LogP contribution is -2.48. The van der Waals surface area contributed by atoms with Crippen LogP contribution in [0.5, 0.6) is 5.75 Å². The number of benzene rings is 2.